The molecule has 1 aromatic carbocycles. The van der Waals surface area contributed by atoms with Crippen LogP contribution in [0.2, 0.25) is 0 Å². The Kier molecular flexibility index (Phi) is 14.5. The number of aliphatic hydroxyl groups is 3. The van der Waals surface area contributed by atoms with E-state index in [0.717, 1.165) is 12.1 Å². The number of nitro groups is 1. The van der Waals surface area contributed by atoms with Gasteiger partial charge in [-0.15, -0.1) is 0 Å². The van der Waals surface area contributed by atoms with Gasteiger partial charge in [-0.25, -0.2) is 4.79 Å². The SMILES string of the molecule is CCC1OC(=O)[C@H](C)C(OC(=O)c2ccc([N+](=O)[O-])cc2)[C@H](C)[C@@H](O[C@@H]2O[C@H](C)C[C@H](N(C)C)[C@H]2O)[C@](C)(OC)C[C@@H](C)C(=O)[C@H](C)[C@@H](O)[C@]1(C)O. The van der Waals surface area contributed by atoms with Crippen molar-refractivity contribution < 1.29 is 58.3 Å². The van der Waals surface area contributed by atoms with Gasteiger partial charge in [-0.2, -0.15) is 0 Å². The van der Waals surface area contributed by atoms with Crippen molar-refractivity contribution in [3.05, 3.63) is 39.9 Å². The van der Waals surface area contributed by atoms with Crippen LogP contribution < -0.4 is 0 Å². The second kappa shape index (κ2) is 17.4. The van der Waals surface area contributed by atoms with Crippen molar-refractivity contribution in [2.75, 3.05) is 21.2 Å². The van der Waals surface area contributed by atoms with Gasteiger partial charge in [0.1, 0.15) is 29.7 Å². The third-order valence-electron chi connectivity index (χ3n) is 11.0. The molecule has 0 spiro atoms. The number of Topliss-reactive ketones (excluding diaryl/α,β-unsaturated/α-hetero) is 1. The van der Waals surface area contributed by atoms with E-state index in [9.17, 15) is 39.8 Å². The second-order valence-electron chi connectivity index (χ2n) is 15.3. The second-order valence-corrected chi connectivity index (χ2v) is 15.3. The molecular formula is C37H58N2O13. The Bertz CT molecular complexity index is 1400. The smallest absolute Gasteiger partial charge is 0.338 e. The maximum absolute atomic E-state index is 14.0. The highest BCUT2D eigenvalue weighted by Crippen LogP contribution is 2.40. The zero-order chi connectivity index (χ0) is 39.5. The van der Waals surface area contributed by atoms with Crippen LogP contribution in [0, 0.1) is 33.8 Å². The van der Waals surface area contributed by atoms with Gasteiger partial charge < -0.3 is 43.9 Å². The quantitative estimate of drug-likeness (QED) is 0.199. The number of methoxy groups -OCH3 is 1. The predicted molar refractivity (Wildman–Crippen MR) is 188 cm³/mol. The summed E-state index contributed by atoms with van der Waals surface area (Å²) in [6.07, 6.45) is -7.34. The van der Waals surface area contributed by atoms with Crippen LogP contribution in [0.25, 0.3) is 0 Å². The van der Waals surface area contributed by atoms with Crippen LogP contribution in [0.1, 0.15) is 85.0 Å². The predicted octanol–water partition coefficient (Wildman–Crippen LogP) is 3.29. The minimum Gasteiger partial charge on any atom is -0.459 e. The third-order valence-corrected chi connectivity index (χ3v) is 11.0. The monoisotopic (exact) mass is 738 g/mol. The summed E-state index contributed by atoms with van der Waals surface area (Å²) in [4.78, 5) is 54.1. The van der Waals surface area contributed by atoms with Crippen LogP contribution in [0.4, 0.5) is 5.69 Å². The van der Waals surface area contributed by atoms with E-state index in [2.05, 4.69) is 0 Å². The van der Waals surface area contributed by atoms with E-state index in [1.807, 2.05) is 25.9 Å². The summed E-state index contributed by atoms with van der Waals surface area (Å²) in [5, 5.41) is 45.6. The Morgan fingerprint density at radius 3 is 2.17 bits per heavy atom. The summed E-state index contributed by atoms with van der Waals surface area (Å²) in [6.45, 7) is 12.9. The Morgan fingerprint density at radius 1 is 1.06 bits per heavy atom. The number of likely N-dealkylation sites (N-methyl/N-ethyl adjacent to an activating group) is 1. The van der Waals surface area contributed by atoms with Crippen LogP contribution in [0.15, 0.2) is 24.3 Å². The fourth-order valence-electron chi connectivity index (χ4n) is 7.69. The number of benzene rings is 1. The Morgan fingerprint density at radius 2 is 1.65 bits per heavy atom. The van der Waals surface area contributed by atoms with Crippen molar-refractivity contribution in [3.63, 3.8) is 0 Å². The van der Waals surface area contributed by atoms with Gasteiger partial charge >= 0.3 is 11.9 Å². The molecule has 0 bridgehead atoms. The van der Waals surface area contributed by atoms with Gasteiger partial charge in [-0.1, -0.05) is 27.7 Å². The molecule has 294 valence electrons. The van der Waals surface area contributed by atoms with E-state index in [4.69, 9.17) is 23.7 Å². The number of ether oxygens (including phenoxy) is 5. The van der Waals surface area contributed by atoms with Crippen LogP contribution in [0.3, 0.4) is 0 Å². The zero-order valence-electron chi connectivity index (χ0n) is 32.2. The molecule has 2 fully saturated rings. The molecule has 0 amide bonds. The lowest BCUT2D eigenvalue weighted by molar-refractivity contribution is -0.384. The minimum atomic E-state index is -2.04. The number of non-ortho nitro benzene ring substituents is 1. The van der Waals surface area contributed by atoms with Crippen LogP contribution in [-0.4, -0.2) is 124 Å². The molecular weight excluding hydrogens is 680 g/mol. The maximum Gasteiger partial charge on any atom is 0.338 e. The van der Waals surface area contributed by atoms with Gasteiger partial charge in [0.15, 0.2) is 6.29 Å². The van der Waals surface area contributed by atoms with Crippen LogP contribution in [0.5, 0.6) is 0 Å². The van der Waals surface area contributed by atoms with E-state index in [0.29, 0.717) is 6.42 Å². The Hall–Kier alpha value is -3.05. The van der Waals surface area contributed by atoms with Gasteiger partial charge in [0.25, 0.3) is 5.69 Å². The highest BCUT2D eigenvalue weighted by Gasteiger charge is 2.53. The summed E-state index contributed by atoms with van der Waals surface area (Å²) in [5.41, 5.74) is -3.66. The largest absolute Gasteiger partial charge is 0.459 e. The molecule has 15 heteroatoms. The Labute approximate surface area is 306 Å². The number of aliphatic hydroxyl groups excluding tert-OH is 2. The molecule has 14 atom stereocenters. The molecule has 52 heavy (non-hydrogen) atoms. The molecule has 0 radical (unpaired) electrons. The first-order chi connectivity index (χ1) is 24.1. The molecule has 1 aromatic rings. The van der Waals surface area contributed by atoms with Gasteiger partial charge in [-0.05, 0) is 73.2 Å². The van der Waals surface area contributed by atoms with Gasteiger partial charge in [0.2, 0.25) is 0 Å². The summed E-state index contributed by atoms with van der Waals surface area (Å²) in [5.74, 6) is -6.12. The fourth-order valence-corrected chi connectivity index (χ4v) is 7.69. The van der Waals surface area contributed by atoms with Gasteiger partial charge in [-0.3, -0.25) is 19.7 Å². The number of carbonyl (C=O) groups is 3. The molecule has 2 saturated heterocycles. The van der Waals surface area contributed by atoms with E-state index < -0.39 is 88.5 Å². The van der Waals surface area contributed by atoms with E-state index >= 15 is 0 Å². The molecule has 0 aromatic heterocycles. The Balaban J connectivity index is 2.22. The number of nitro benzene ring substituents is 1. The molecule has 2 unspecified atom stereocenters. The first kappa shape index (κ1) is 43.4. The number of nitrogens with zero attached hydrogens (tertiary/aromatic N) is 2. The lowest BCUT2D eigenvalue weighted by atomic mass is 9.74. The molecule has 0 saturated carbocycles. The molecule has 3 rings (SSSR count). The molecule has 3 N–H and O–H groups in total. The average Bonchev–Trinajstić information content (AvgIpc) is 3.10. The summed E-state index contributed by atoms with van der Waals surface area (Å²) >= 11 is 0. The van der Waals surface area contributed by atoms with E-state index in [1.54, 1.807) is 27.7 Å². The maximum atomic E-state index is 14.0. The summed E-state index contributed by atoms with van der Waals surface area (Å²) in [6, 6.07) is 4.44. The topological polar surface area (TPSA) is 204 Å². The standard InChI is InChI=1S/C37H58N2O13/c1-12-27-37(8,45)31(42)21(4)28(40)19(2)18-36(7,48-11)32(52-35-29(41)26(38(9)10)17-20(3)49-35)22(5)30(23(6)33(43)50-27)51-34(44)24-13-15-25(16-14-24)39(46)47/h13-16,19-23,26-27,29-32,35,41-42,45H,12,17-18H2,1-11H3/t19-,20-,21+,22+,23-,26+,27?,29-,30?,31-,32-,35+,36-,37-/m1/s1. The van der Waals surface area contributed by atoms with Crippen molar-refractivity contribution in [1.29, 1.82) is 0 Å². The molecule has 15 nitrogen and oxygen atoms in total. The normalized spacial score (nSPS) is 39.8. The zero-order valence-corrected chi connectivity index (χ0v) is 32.2. The van der Waals surface area contributed by atoms with Crippen LogP contribution in [-0.2, 0) is 33.3 Å². The number of carbonyl (C=O) groups excluding carboxylic acids is 3. The van der Waals surface area contributed by atoms with E-state index in [1.165, 1.54) is 40.0 Å². The molecule has 2 aliphatic heterocycles. The molecule has 2 heterocycles. The van der Waals surface area contributed by atoms with Gasteiger partial charge in [0.05, 0.1) is 40.3 Å². The average molecular weight is 739 g/mol. The highest BCUT2D eigenvalue weighted by atomic mass is 16.7. The van der Waals surface area contributed by atoms with Crippen molar-refractivity contribution in [2.24, 2.45) is 23.7 Å². The molecule has 0 aliphatic carbocycles. The third kappa shape index (κ3) is 9.35. The van der Waals surface area contributed by atoms with Crippen molar-refractivity contribution in [3.8, 4) is 0 Å². The van der Waals surface area contributed by atoms with Gasteiger partial charge in [0, 0.05) is 43.0 Å². The van der Waals surface area contributed by atoms with Crippen molar-refractivity contribution >= 4 is 23.4 Å². The molecule has 2 aliphatic rings. The lowest BCUT2D eigenvalue weighted by Gasteiger charge is -2.48. The number of esters is 2. The fraction of sp³-hybridized carbons (Fsp3) is 0.757. The minimum absolute atomic E-state index is 0.0189. The number of ketones is 1. The van der Waals surface area contributed by atoms with E-state index in [-0.39, 0.29) is 42.0 Å². The first-order valence-corrected chi connectivity index (χ1v) is 17.9. The lowest BCUT2D eigenvalue weighted by Crippen LogP contribution is -2.60. The number of cyclic esters (lactones) is 1. The summed E-state index contributed by atoms with van der Waals surface area (Å²) < 4.78 is 30.8. The first-order valence-electron chi connectivity index (χ1n) is 17.9. The highest BCUT2D eigenvalue weighted by molar-refractivity contribution is 5.90. The number of hydrogen-bond acceptors (Lipinski definition) is 14. The van der Waals surface area contributed by atoms with Crippen molar-refractivity contribution in [1.82, 2.24) is 4.90 Å². The number of rotatable bonds is 8. The van der Waals surface area contributed by atoms with Crippen molar-refractivity contribution in [2.45, 2.75) is 135 Å². The van der Waals surface area contributed by atoms with Crippen LogP contribution >= 0.6 is 0 Å². The number of hydrogen-bond donors (Lipinski definition) is 3. The summed E-state index contributed by atoms with van der Waals surface area (Å²) in [7, 11) is 5.09.